The highest BCUT2D eigenvalue weighted by atomic mass is 35.5. The minimum atomic E-state index is 0.788. The molecule has 2 rings (SSSR count). The number of hydrogen-bond acceptors (Lipinski definition) is 0. The van der Waals surface area contributed by atoms with E-state index in [2.05, 4.69) is 43.7 Å². The summed E-state index contributed by atoms with van der Waals surface area (Å²) in [7, 11) is 2.14. The molecule has 1 aromatic carbocycles. The van der Waals surface area contributed by atoms with Crippen LogP contribution >= 0.6 is 11.6 Å². The molecule has 0 aliphatic rings. The first-order chi connectivity index (χ1) is 8.13. The Kier molecular flexibility index (Phi) is 3.58. The van der Waals surface area contributed by atoms with E-state index in [4.69, 9.17) is 11.6 Å². The van der Waals surface area contributed by atoms with Gasteiger partial charge in [-0.15, -0.1) is 0 Å². The van der Waals surface area contributed by atoms with Crippen LogP contribution in [0.25, 0.3) is 11.1 Å². The third-order valence-corrected chi connectivity index (χ3v) is 3.55. The lowest BCUT2D eigenvalue weighted by molar-refractivity contribution is 0.769. The summed E-state index contributed by atoms with van der Waals surface area (Å²) in [6.07, 6.45) is 2.31. The maximum atomic E-state index is 5.92. The molecule has 0 aliphatic heterocycles. The Labute approximate surface area is 108 Å². The van der Waals surface area contributed by atoms with E-state index in [1.807, 2.05) is 12.1 Å². The van der Waals surface area contributed by atoms with Crippen LogP contribution in [0, 0.1) is 6.92 Å². The molecule has 0 aliphatic carbocycles. The van der Waals surface area contributed by atoms with Crippen LogP contribution in [0.2, 0.25) is 5.02 Å². The smallest absolute Gasteiger partial charge is 0.0406 e. The van der Waals surface area contributed by atoms with Gasteiger partial charge in [-0.1, -0.05) is 37.1 Å². The molecule has 0 saturated heterocycles. The Morgan fingerprint density at radius 3 is 2.41 bits per heavy atom. The maximum absolute atomic E-state index is 5.92. The fourth-order valence-corrected chi connectivity index (χ4v) is 2.31. The lowest BCUT2D eigenvalue weighted by Crippen LogP contribution is -1.97. The Balaban J connectivity index is 2.45. The average Bonchev–Trinajstić information content (AvgIpc) is 2.59. The molecule has 0 bridgehead atoms. The first-order valence-corrected chi connectivity index (χ1v) is 6.42. The highest BCUT2D eigenvalue weighted by molar-refractivity contribution is 6.30. The van der Waals surface area contributed by atoms with Crippen LogP contribution in [0.5, 0.6) is 0 Å². The van der Waals surface area contributed by atoms with Gasteiger partial charge in [0.15, 0.2) is 0 Å². The van der Waals surface area contributed by atoms with Crippen molar-refractivity contribution in [3.05, 3.63) is 46.7 Å². The Morgan fingerprint density at radius 2 is 1.82 bits per heavy atom. The van der Waals surface area contributed by atoms with E-state index >= 15 is 0 Å². The van der Waals surface area contributed by atoms with Gasteiger partial charge in [0.2, 0.25) is 0 Å². The van der Waals surface area contributed by atoms with Crippen LogP contribution in [0.15, 0.2) is 30.3 Å². The van der Waals surface area contributed by atoms with Gasteiger partial charge in [0.05, 0.1) is 0 Å². The molecule has 0 amide bonds. The van der Waals surface area contributed by atoms with Crippen LogP contribution in [-0.4, -0.2) is 4.57 Å². The number of hydrogen-bond donors (Lipinski definition) is 0. The number of rotatable bonds is 3. The minimum Gasteiger partial charge on any atom is -0.351 e. The van der Waals surface area contributed by atoms with E-state index in [1.54, 1.807) is 0 Å². The van der Waals surface area contributed by atoms with Crippen molar-refractivity contribution in [3.8, 4) is 11.1 Å². The van der Waals surface area contributed by atoms with Crippen LogP contribution in [-0.2, 0) is 13.5 Å². The van der Waals surface area contributed by atoms with Crippen LogP contribution < -0.4 is 0 Å². The fraction of sp³-hybridized carbons (Fsp3) is 0.333. The summed E-state index contributed by atoms with van der Waals surface area (Å²) < 4.78 is 2.29. The second-order valence-electron chi connectivity index (χ2n) is 4.45. The summed E-state index contributed by atoms with van der Waals surface area (Å²) in [5.74, 6) is 0. The van der Waals surface area contributed by atoms with Gasteiger partial charge in [-0.3, -0.25) is 0 Å². The third-order valence-electron chi connectivity index (χ3n) is 3.30. The molecule has 0 atom stereocenters. The van der Waals surface area contributed by atoms with E-state index in [-0.39, 0.29) is 0 Å². The normalized spacial score (nSPS) is 10.8. The molecule has 1 nitrogen and oxygen atoms in total. The fourth-order valence-electron chi connectivity index (χ4n) is 2.18. The lowest BCUT2D eigenvalue weighted by atomic mass is 10.1. The van der Waals surface area contributed by atoms with Gasteiger partial charge in [-0.2, -0.15) is 0 Å². The molecule has 0 spiro atoms. The van der Waals surface area contributed by atoms with Gasteiger partial charge in [0.1, 0.15) is 0 Å². The predicted molar refractivity (Wildman–Crippen MR) is 74.6 cm³/mol. The van der Waals surface area contributed by atoms with Gasteiger partial charge in [0.25, 0.3) is 0 Å². The second kappa shape index (κ2) is 4.97. The van der Waals surface area contributed by atoms with Crippen molar-refractivity contribution in [2.45, 2.75) is 26.7 Å². The summed E-state index contributed by atoms with van der Waals surface area (Å²) in [5.41, 5.74) is 5.27. The van der Waals surface area contributed by atoms with Gasteiger partial charge >= 0.3 is 0 Å². The second-order valence-corrected chi connectivity index (χ2v) is 4.89. The van der Waals surface area contributed by atoms with E-state index in [0.717, 1.165) is 11.4 Å². The molecule has 2 heteroatoms. The zero-order valence-corrected chi connectivity index (χ0v) is 11.4. The van der Waals surface area contributed by atoms with Crippen molar-refractivity contribution in [3.63, 3.8) is 0 Å². The molecule has 90 valence electrons. The van der Waals surface area contributed by atoms with Crippen LogP contribution in [0.4, 0.5) is 0 Å². The third kappa shape index (κ3) is 2.39. The van der Waals surface area contributed by atoms with E-state index < -0.39 is 0 Å². The zero-order chi connectivity index (χ0) is 12.4. The largest absolute Gasteiger partial charge is 0.351 e. The zero-order valence-electron chi connectivity index (χ0n) is 10.6. The summed E-state index contributed by atoms with van der Waals surface area (Å²) in [6, 6.07) is 10.4. The van der Waals surface area contributed by atoms with Crippen molar-refractivity contribution in [1.29, 1.82) is 0 Å². The number of aryl methyl sites for hydroxylation is 1. The summed E-state index contributed by atoms with van der Waals surface area (Å²) >= 11 is 5.92. The molecule has 0 radical (unpaired) electrons. The summed E-state index contributed by atoms with van der Waals surface area (Å²) in [5, 5.41) is 0.788. The molecule has 2 aromatic rings. The van der Waals surface area contributed by atoms with Gasteiger partial charge < -0.3 is 4.57 Å². The molecular weight excluding hydrogens is 230 g/mol. The van der Waals surface area contributed by atoms with Crippen LogP contribution in [0.1, 0.15) is 24.7 Å². The minimum absolute atomic E-state index is 0.788. The summed E-state index contributed by atoms with van der Waals surface area (Å²) in [4.78, 5) is 0. The first-order valence-electron chi connectivity index (χ1n) is 6.04. The van der Waals surface area contributed by atoms with Crippen molar-refractivity contribution >= 4 is 11.6 Å². The van der Waals surface area contributed by atoms with E-state index in [9.17, 15) is 0 Å². The quantitative estimate of drug-likeness (QED) is 0.747. The Hall–Kier alpha value is -1.21. The molecule has 0 fully saturated rings. The number of benzene rings is 1. The Bertz CT molecular complexity index is 508. The van der Waals surface area contributed by atoms with Crippen molar-refractivity contribution in [2.24, 2.45) is 7.05 Å². The van der Waals surface area contributed by atoms with Crippen molar-refractivity contribution < 1.29 is 0 Å². The van der Waals surface area contributed by atoms with Gasteiger partial charge in [0, 0.05) is 29.0 Å². The van der Waals surface area contributed by atoms with Crippen LogP contribution in [0.3, 0.4) is 0 Å². The van der Waals surface area contributed by atoms with E-state index in [1.165, 1.54) is 28.9 Å². The lowest BCUT2D eigenvalue weighted by Gasteiger charge is -2.04. The first kappa shape index (κ1) is 12.3. The number of aromatic nitrogens is 1. The average molecular weight is 248 g/mol. The molecule has 0 unspecified atom stereocenters. The standard InChI is InChI=1S/C15H18ClN/c1-4-5-14-10-15(11(2)17(14)3)12-6-8-13(16)9-7-12/h6-10H,4-5H2,1-3H3. The molecule has 0 saturated carbocycles. The summed E-state index contributed by atoms with van der Waals surface area (Å²) in [6.45, 7) is 4.38. The predicted octanol–water partition coefficient (Wildman–Crippen LogP) is 4.61. The molecule has 1 heterocycles. The van der Waals surface area contributed by atoms with Gasteiger partial charge in [-0.25, -0.2) is 0 Å². The van der Waals surface area contributed by atoms with Gasteiger partial charge in [-0.05, 0) is 37.1 Å². The maximum Gasteiger partial charge on any atom is 0.0406 e. The molecule has 1 aromatic heterocycles. The highest BCUT2D eigenvalue weighted by Gasteiger charge is 2.09. The molecule has 0 N–H and O–H groups in total. The SMILES string of the molecule is CCCc1cc(-c2ccc(Cl)cc2)c(C)n1C. The van der Waals surface area contributed by atoms with Crippen molar-refractivity contribution in [2.75, 3.05) is 0 Å². The topological polar surface area (TPSA) is 4.93 Å². The van der Waals surface area contributed by atoms with Crippen molar-refractivity contribution in [1.82, 2.24) is 4.57 Å². The number of halogens is 1. The highest BCUT2D eigenvalue weighted by Crippen LogP contribution is 2.27. The molecular formula is C15H18ClN. The molecule has 17 heavy (non-hydrogen) atoms. The van der Waals surface area contributed by atoms with E-state index in [0.29, 0.717) is 0 Å². The number of nitrogens with zero attached hydrogens (tertiary/aromatic N) is 1. The Morgan fingerprint density at radius 1 is 1.18 bits per heavy atom. The monoisotopic (exact) mass is 247 g/mol.